The van der Waals surface area contributed by atoms with Crippen molar-refractivity contribution in [2.24, 2.45) is 5.92 Å². The quantitative estimate of drug-likeness (QED) is 0.589. The lowest BCUT2D eigenvalue weighted by Crippen LogP contribution is -2.42. The van der Waals surface area contributed by atoms with E-state index in [1.165, 1.54) is 37.5 Å². The summed E-state index contributed by atoms with van der Waals surface area (Å²) in [4.78, 5) is 23.3. The molecule has 1 atom stereocenters. The van der Waals surface area contributed by atoms with Crippen LogP contribution in [0.5, 0.6) is 0 Å². The predicted molar refractivity (Wildman–Crippen MR) is 105 cm³/mol. The van der Waals surface area contributed by atoms with Gasteiger partial charge in [-0.1, -0.05) is 13.8 Å². The van der Waals surface area contributed by atoms with E-state index in [2.05, 4.69) is 15.4 Å². The highest BCUT2D eigenvalue weighted by atomic mass is 32.2. The summed E-state index contributed by atoms with van der Waals surface area (Å²) >= 11 is 0. The molecule has 2 amide bonds. The van der Waals surface area contributed by atoms with E-state index in [0.717, 1.165) is 0 Å². The van der Waals surface area contributed by atoms with E-state index >= 15 is 0 Å². The van der Waals surface area contributed by atoms with Gasteiger partial charge in [-0.15, -0.1) is 0 Å². The first-order valence-corrected chi connectivity index (χ1v) is 10.3. The molecule has 152 valence electrons. The van der Waals surface area contributed by atoms with Gasteiger partial charge in [0, 0.05) is 25.1 Å². The zero-order valence-corrected chi connectivity index (χ0v) is 16.9. The van der Waals surface area contributed by atoms with E-state index in [4.69, 9.17) is 4.42 Å². The lowest BCUT2D eigenvalue weighted by atomic mass is 10.0. The molecule has 3 N–H and O–H groups in total. The Kier molecular flexibility index (Phi) is 7.36. The second-order valence-corrected chi connectivity index (χ2v) is 8.45. The average Bonchev–Trinajstić information content (AvgIpc) is 3.12. The van der Waals surface area contributed by atoms with Gasteiger partial charge < -0.3 is 15.1 Å². The summed E-state index contributed by atoms with van der Waals surface area (Å²) in [5.41, 5.74) is 0.504. The van der Waals surface area contributed by atoms with Crippen LogP contribution in [0.1, 0.15) is 33.0 Å². The molecule has 2 rings (SSSR count). The Bertz CT molecular complexity index is 890. The summed E-state index contributed by atoms with van der Waals surface area (Å²) in [5.74, 6) is 0.00468. The van der Waals surface area contributed by atoms with E-state index in [1.807, 2.05) is 13.8 Å². The lowest BCUT2D eigenvalue weighted by Gasteiger charge is -2.22. The Morgan fingerprint density at radius 2 is 1.79 bits per heavy atom. The summed E-state index contributed by atoms with van der Waals surface area (Å²) < 4.78 is 33.1. The highest BCUT2D eigenvalue weighted by molar-refractivity contribution is 7.89. The zero-order chi connectivity index (χ0) is 20.7. The maximum Gasteiger partial charge on any atom is 0.240 e. The van der Waals surface area contributed by atoms with Gasteiger partial charge in [-0.05, 0) is 42.3 Å². The fourth-order valence-corrected chi connectivity index (χ4v) is 3.86. The molecule has 28 heavy (non-hydrogen) atoms. The first kappa shape index (κ1) is 21.6. The van der Waals surface area contributed by atoms with Crippen molar-refractivity contribution in [2.75, 3.05) is 5.32 Å². The highest BCUT2D eigenvalue weighted by Gasteiger charge is 2.24. The van der Waals surface area contributed by atoms with Gasteiger partial charge in [0.2, 0.25) is 21.8 Å². The molecular formula is C19H25N3O5S. The zero-order valence-electron chi connectivity index (χ0n) is 16.1. The van der Waals surface area contributed by atoms with Gasteiger partial charge in [0.15, 0.2) is 0 Å². The van der Waals surface area contributed by atoms with Crippen LogP contribution in [0.3, 0.4) is 0 Å². The molecule has 0 radical (unpaired) electrons. The largest absolute Gasteiger partial charge is 0.467 e. The van der Waals surface area contributed by atoms with Gasteiger partial charge in [-0.25, -0.2) is 13.1 Å². The molecule has 1 aromatic carbocycles. The van der Waals surface area contributed by atoms with Gasteiger partial charge in [-0.3, -0.25) is 9.59 Å². The third kappa shape index (κ3) is 6.50. The van der Waals surface area contributed by atoms with Crippen molar-refractivity contribution in [3.05, 3.63) is 48.4 Å². The number of nitrogens with one attached hydrogen (secondary N) is 3. The summed E-state index contributed by atoms with van der Waals surface area (Å²) in [6.45, 7) is 5.30. The summed E-state index contributed by atoms with van der Waals surface area (Å²) in [5, 5.41) is 5.29. The van der Waals surface area contributed by atoms with Crippen LogP contribution >= 0.6 is 0 Å². The number of rotatable bonds is 9. The average molecular weight is 407 g/mol. The van der Waals surface area contributed by atoms with Crippen LogP contribution in [0.25, 0.3) is 0 Å². The summed E-state index contributed by atoms with van der Waals surface area (Å²) in [6.07, 6.45) is 1.52. The van der Waals surface area contributed by atoms with Gasteiger partial charge in [-0.2, -0.15) is 0 Å². The normalized spacial score (nSPS) is 12.6. The molecule has 0 spiro atoms. The number of hydrogen-bond donors (Lipinski definition) is 3. The Morgan fingerprint density at radius 1 is 1.11 bits per heavy atom. The molecule has 0 aliphatic carbocycles. The van der Waals surface area contributed by atoms with E-state index in [0.29, 0.717) is 11.4 Å². The van der Waals surface area contributed by atoms with Crippen LogP contribution in [0, 0.1) is 5.92 Å². The van der Waals surface area contributed by atoms with Crippen LogP contribution < -0.4 is 15.4 Å². The minimum atomic E-state index is -3.81. The molecule has 0 aliphatic rings. The molecule has 1 heterocycles. The smallest absolute Gasteiger partial charge is 0.240 e. The molecule has 9 heteroatoms. The second kappa shape index (κ2) is 9.52. The van der Waals surface area contributed by atoms with E-state index < -0.39 is 16.1 Å². The van der Waals surface area contributed by atoms with Gasteiger partial charge >= 0.3 is 0 Å². The molecule has 0 unspecified atom stereocenters. The Morgan fingerprint density at radius 3 is 2.32 bits per heavy atom. The molecule has 1 aromatic heterocycles. The third-order valence-corrected chi connectivity index (χ3v) is 5.55. The number of benzene rings is 1. The van der Waals surface area contributed by atoms with Crippen molar-refractivity contribution < 1.29 is 22.4 Å². The van der Waals surface area contributed by atoms with Crippen molar-refractivity contribution in [2.45, 2.75) is 44.7 Å². The van der Waals surface area contributed by atoms with Crippen LogP contribution in [0.4, 0.5) is 5.69 Å². The van der Waals surface area contributed by atoms with Crippen molar-refractivity contribution in [1.82, 2.24) is 10.0 Å². The first-order valence-electron chi connectivity index (χ1n) is 8.86. The standard InChI is InChI=1S/C19H25N3O5S/c1-13(2)18(11-19(24)20-12-16-5-4-10-27-16)22-28(25,26)17-8-6-15(7-9-17)21-14(3)23/h4-10,13,18,22H,11-12H2,1-3H3,(H,20,24)(H,21,23)/t18-/m1/s1. The molecule has 0 saturated carbocycles. The molecule has 0 fully saturated rings. The van der Waals surface area contributed by atoms with Crippen molar-refractivity contribution in [1.29, 1.82) is 0 Å². The molecule has 0 saturated heterocycles. The summed E-state index contributed by atoms with van der Waals surface area (Å²) in [7, 11) is -3.81. The predicted octanol–water partition coefficient (Wildman–Crippen LogP) is 2.25. The Balaban J connectivity index is 2.01. The molecule has 2 aromatic rings. The van der Waals surface area contributed by atoms with E-state index in [-0.39, 0.29) is 35.6 Å². The lowest BCUT2D eigenvalue weighted by molar-refractivity contribution is -0.122. The molecule has 0 bridgehead atoms. The van der Waals surface area contributed by atoms with Crippen LogP contribution in [-0.2, 0) is 26.2 Å². The topological polar surface area (TPSA) is 118 Å². The first-order chi connectivity index (χ1) is 13.2. The van der Waals surface area contributed by atoms with E-state index in [1.54, 1.807) is 12.1 Å². The van der Waals surface area contributed by atoms with E-state index in [9.17, 15) is 18.0 Å². The molecule has 8 nitrogen and oxygen atoms in total. The Labute approximate surface area is 164 Å². The van der Waals surface area contributed by atoms with Crippen LogP contribution in [0.2, 0.25) is 0 Å². The fourth-order valence-electron chi connectivity index (χ4n) is 2.47. The monoisotopic (exact) mass is 407 g/mol. The highest BCUT2D eigenvalue weighted by Crippen LogP contribution is 2.17. The number of carbonyl (C=O) groups is 2. The number of hydrogen-bond acceptors (Lipinski definition) is 5. The third-order valence-electron chi connectivity index (χ3n) is 4.04. The summed E-state index contributed by atoms with van der Waals surface area (Å²) in [6, 6.07) is 8.73. The Hall–Kier alpha value is -2.65. The fraction of sp³-hybridized carbons (Fsp3) is 0.368. The number of amides is 2. The molecular weight excluding hydrogens is 382 g/mol. The number of anilines is 1. The molecule has 0 aliphatic heterocycles. The van der Waals surface area contributed by atoms with Gasteiger partial charge in [0.05, 0.1) is 17.7 Å². The van der Waals surface area contributed by atoms with Crippen molar-refractivity contribution in [3.8, 4) is 0 Å². The minimum absolute atomic E-state index is 0.00157. The second-order valence-electron chi connectivity index (χ2n) is 6.74. The van der Waals surface area contributed by atoms with Gasteiger partial charge in [0.1, 0.15) is 5.76 Å². The van der Waals surface area contributed by atoms with Crippen molar-refractivity contribution in [3.63, 3.8) is 0 Å². The minimum Gasteiger partial charge on any atom is -0.467 e. The van der Waals surface area contributed by atoms with Crippen LogP contribution in [-0.4, -0.2) is 26.3 Å². The number of sulfonamides is 1. The maximum atomic E-state index is 12.7. The maximum absolute atomic E-state index is 12.7. The van der Waals surface area contributed by atoms with Crippen LogP contribution in [0.15, 0.2) is 52.0 Å². The SMILES string of the molecule is CC(=O)Nc1ccc(S(=O)(=O)N[C@H](CC(=O)NCc2ccco2)C(C)C)cc1. The van der Waals surface area contributed by atoms with Gasteiger partial charge in [0.25, 0.3) is 0 Å². The van der Waals surface area contributed by atoms with Crippen molar-refractivity contribution >= 4 is 27.5 Å². The number of furan rings is 1. The number of carbonyl (C=O) groups excluding carboxylic acids is 2.